The van der Waals surface area contributed by atoms with Gasteiger partial charge >= 0.3 is 0 Å². The van der Waals surface area contributed by atoms with Crippen LogP contribution in [0.25, 0.3) is 22.3 Å². The number of amides is 1. The van der Waals surface area contributed by atoms with Crippen molar-refractivity contribution >= 4 is 34.4 Å². The third kappa shape index (κ3) is 3.80. The lowest BCUT2D eigenvalue weighted by molar-refractivity contribution is -0.130. The summed E-state index contributed by atoms with van der Waals surface area (Å²) < 4.78 is 0. The standard InChI is InChI=1S/C22H23ClN4O/c1-16(23)22(28)27-13-7-12-26(14-15-27)21-20(17-8-3-2-4-9-17)24-18-10-5-6-11-19(18)25-21/h2-6,8-11,16H,7,12-15H2,1H3/t16-/m0/s1. The molecule has 1 aliphatic heterocycles. The second-order valence-corrected chi connectivity index (χ2v) is 7.69. The maximum Gasteiger partial charge on any atom is 0.240 e. The number of carbonyl (C=O) groups is 1. The summed E-state index contributed by atoms with van der Waals surface area (Å²) in [6, 6.07) is 18.1. The number of halogens is 1. The number of benzene rings is 2. The van der Waals surface area contributed by atoms with E-state index in [-0.39, 0.29) is 5.91 Å². The first kappa shape index (κ1) is 18.7. The third-order valence-electron chi connectivity index (χ3n) is 5.05. The van der Waals surface area contributed by atoms with Crippen LogP contribution in [0.2, 0.25) is 0 Å². The van der Waals surface area contributed by atoms with E-state index in [9.17, 15) is 4.79 Å². The zero-order chi connectivity index (χ0) is 19.5. The Morgan fingerprint density at radius 3 is 2.32 bits per heavy atom. The minimum absolute atomic E-state index is 0.00334. The van der Waals surface area contributed by atoms with E-state index in [2.05, 4.69) is 17.0 Å². The summed E-state index contributed by atoms with van der Waals surface area (Å²) in [7, 11) is 0. The first-order chi connectivity index (χ1) is 13.6. The van der Waals surface area contributed by atoms with Gasteiger partial charge in [-0.25, -0.2) is 9.97 Å². The van der Waals surface area contributed by atoms with E-state index < -0.39 is 5.38 Å². The summed E-state index contributed by atoms with van der Waals surface area (Å²) in [5.74, 6) is 0.870. The van der Waals surface area contributed by atoms with Crippen molar-refractivity contribution in [2.75, 3.05) is 31.1 Å². The van der Waals surface area contributed by atoms with Crippen LogP contribution in [0.1, 0.15) is 13.3 Å². The Balaban J connectivity index is 1.72. The largest absolute Gasteiger partial charge is 0.353 e. The molecule has 0 unspecified atom stereocenters. The summed E-state index contributed by atoms with van der Waals surface area (Å²) in [5, 5.41) is -0.494. The van der Waals surface area contributed by atoms with Gasteiger partial charge in [-0.05, 0) is 25.5 Å². The molecule has 1 amide bonds. The van der Waals surface area contributed by atoms with Gasteiger partial charge in [-0.3, -0.25) is 4.79 Å². The molecule has 6 heteroatoms. The number of hydrogen-bond acceptors (Lipinski definition) is 4. The first-order valence-corrected chi connectivity index (χ1v) is 10.1. The maximum absolute atomic E-state index is 12.3. The third-order valence-corrected chi connectivity index (χ3v) is 5.23. The van der Waals surface area contributed by atoms with Gasteiger partial charge in [0.25, 0.3) is 0 Å². The van der Waals surface area contributed by atoms with Crippen LogP contribution in [-0.2, 0) is 4.79 Å². The minimum Gasteiger partial charge on any atom is -0.353 e. The monoisotopic (exact) mass is 394 g/mol. The molecule has 0 N–H and O–H groups in total. The van der Waals surface area contributed by atoms with Gasteiger partial charge in [0.2, 0.25) is 5.91 Å². The Kier molecular flexibility index (Phi) is 5.44. The zero-order valence-electron chi connectivity index (χ0n) is 15.9. The molecule has 0 aliphatic carbocycles. The number of para-hydroxylation sites is 2. The molecular weight excluding hydrogens is 372 g/mol. The number of nitrogens with zero attached hydrogens (tertiary/aromatic N) is 4. The van der Waals surface area contributed by atoms with Crippen molar-refractivity contribution in [2.24, 2.45) is 0 Å². The molecule has 0 saturated carbocycles. The van der Waals surface area contributed by atoms with Gasteiger partial charge < -0.3 is 9.80 Å². The van der Waals surface area contributed by atoms with Crippen molar-refractivity contribution in [2.45, 2.75) is 18.7 Å². The minimum atomic E-state index is -0.494. The van der Waals surface area contributed by atoms with Gasteiger partial charge in [0.05, 0.1) is 11.0 Å². The molecule has 4 rings (SSSR count). The summed E-state index contributed by atoms with van der Waals surface area (Å²) in [6.45, 7) is 4.62. The average molecular weight is 395 g/mol. The lowest BCUT2D eigenvalue weighted by atomic mass is 10.1. The Morgan fingerprint density at radius 2 is 1.61 bits per heavy atom. The lowest BCUT2D eigenvalue weighted by Gasteiger charge is -2.25. The molecule has 5 nitrogen and oxygen atoms in total. The summed E-state index contributed by atoms with van der Waals surface area (Å²) in [6.07, 6.45) is 0.873. The Labute approximate surface area is 170 Å². The van der Waals surface area contributed by atoms with Crippen LogP contribution in [0.3, 0.4) is 0 Å². The molecule has 0 bridgehead atoms. The van der Waals surface area contributed by atoms with Crippen LogP contribution >= 0.6 is 11.6 Å². The molecule has 2 heterocycles. The highest BCUT2D eigenvalue weighted by molar-refractivity contribution is 6.30. The molecule has 2 aromatic carbocycles. The van der Waals surface area contributed by atoms with Crippen molar-refractivity contribution < 1.29 is 4.79 Å². The fraction of sp³-hybridized carbons (Fsp3) is 0.318. The van der Waals surface area contributed by atoms with Crippen LogP contribution in [0.15, 0.2) is 54.6 Å². The van der Waals surface area contributed by atoms with Crippen LogP contribution in [0.4, 0.5) is 5.82 Å². The van der Waals surface area contributed by atoms with E-state index in [1.807, 2.05) is 47.4 Å². The number of anilines is 1. The number of alkyl halides is 1. The molecule has 0 spiro atoms. The van der Waals surface area contributed by atoms with Gasteiger partial charge in [-0.15, -0.1) is 11.6 Å². The zero-order valence-corrected chi connectivity index (χ0v) is 16.6. The van der Waals surface area contributed by atoms with E-state index >= 15 is 0 Å². The van der Waals surface area contributed by atoms with E-state index in [4.69, 9.17) is 21.6 Å². The smallest absolute Gasteiger partial charge is 0.240 e. The Morgan fingerprint density at radius 1 is 0.929 bits per heavy atom. The van der Waals surface area contributed by atoms with E-state index in [1.165, 1.54) is 0 Å². The number of carbonyl (C=O) groups excluding carboxylic acids is 1. The van der Waals surface area contributed by atoms with Crippen molar-refractivity contribution in [3.63, 3.8) is 0 Å². The van der Waals surface area contributed by atoms with Gasteiger partial charge in [-0.2, -0.15) is 0 Å². The second kappa shape index (κ2) is 8.15. The molecule has 144 valence electrons. The van der Waals surface area contributed by atoms with E-state index in [0.717, 1.165) is 41.1 Å². The van der Waals surface area contributed by atoms with Crippen molar-refractivity contribution in [3.8, 4) is 11.3 Å². The van der Waals surface area contributed by atoms with Gasteiger partial charge in [0.1, 0.15) is 11.1 Å². The fourth-order valence-electron chi connectivity index (χ4n) is 3.60. The fourth-order valence-corrected chi connectivity index (χ4v) is 3.74. The molecule has 1 saturated heterocycles. The molecule has 1 aliphatic rings. The number of fused-ring (bicyclic) bond motifs is 1. The lowest BCUT2D eigenvalue weighted by Crippen LogP contribution is -2.38. The summed E-state index contributed by atoms with van der Waals surface area (Å²) >= 11 is 6.01. The Bertz CT molecular complexity index is 977. The highest BCUT2D eigenvalue weighted by Gasteiger charge is 2.24. The molecule has 1 atom stereocenters. The highest BCUT2D eigenvalue weighted by Crippen LogP contribution is 2.30. The number of hydrogen-bond donors (Lipinski definition) is 0. The summed E-state index contributed by atoms with van der Waals surface area (Å²) in [5.41, 5.74) is 3.68. The predicted octanol–water partition coefficient (Wildman–Crippen LogP) is 3.96. The van der Waals surface area contributed by atoms with Gasteiger partial charge in [-0.1, -0.05) is 42.5 Å². The summed E-state index contributed by atoms with van der Waals surface area (Å²) in [4.78, 5) is 26.3. The second-order valence-electron chi connectivity index (χ2n) is 7.03. The molecule has 1 aromatic heterocycles. The quantitative estimate of drug-likeness (QED) is 0.631. The first-order valence-electron chi connectivity index (χ1n) is 9.63. The van der Waals surface area contributed by atoms with E-state index in [1.54, 1.807) is 6.92 Å². The van der Waals surface area contributed by atoms with Gasteiger partial charge in [0.15, 0.2) is 5.82 Å². The average Bonchev–Trinajstić information content (AvgIpc) is 2.99. The predicted molar refractivity (Wildman–Crippen MR) is 114 cm³/mol. The topological polar surface area (TPSA) is 49.3 Å². The molecule has 1 fully saturated rings. The SMILES string of the molecule is C[C@H](Cl)C(=O)N1CCCN(c2nc3ccccc3nc2-c2ccccc2)CC1. The number of aromatic nitrogens is 2. The van der Waals surface area contributed by atoms with Gasteiger partial charge in [0, 0.05) is 31.7 Å². The van der Waals surface area contributed by atoms with Crippen molar-refractivity contribution in [1.29, 1.82) is 0 Å². The van der Waals surface area contributed by atoms with E-state index in [0.29, 0.717) is 19.6 Å². The molecular formula is C22H23ClN4O. The molecule has 28 heavy (non-hydrogen) atoms. The Hall–Kier alpha value is -2.66. The van der Waals surface area contributed by atoms with Crippen LogP contribution in [-0.4, -0.2) is 52.3 Å². The highest BCUT2D eigenvalue weighted by atomic mass is 35.5. The van der Waals surface area contributed by atoms with Crippen LogP contribution in [0.5, 0.6) is 0 Å². The van der Waals surface area contributed by atoms with Crippen molar-refractivity contribution in [3.05, 3.63) is 54.6 Å². The normalized spacial score (nSPS) is 16.1. The van der Waals surface area contributed by atoms with Crippen LogP contribution in [0, 0.1) is 0 Å². The molecule has 0 radical (unpaired) electrons. The van der Waals surface area contributed by atoms with Crippen LogP contribution < -0.4 is 4.90 Å². The number of rotatable bonds is 3. The molecule has 3 aromatic rings. The maximum atomic E-state index is 12.3. The van der Waals surface area contributed by atoms with Crippen molar-refractivity contribution in [1.82, 2.24) is 14.9 Å².